The number of aryl methyl sites for hydroxylation is 1. The summed E-state index contributed by atoms with van der Waals surface area (Å²) in [7, 11) is 1.59. The van der Waals surface area contributed by atoms with Gasteiger partial charge in [0.05, 0.1) is 25.4 Å². The molecule has 0 fully saturated rings. The summed E-state index contributed by atoms with van der Waals surface area (Å²) in [6.45, 7) is 1.67. The van der Waals surface area contributed by atoms with Gasteiger partial charge in [0.25, 0.3) is 0 Å². The maximum absolute atomic E-state index is 12.2. The minimum absolute atomic E-state index is 0.000465. The number of nitrogens with zero attached hydrogens (tertiary/aromatic N) is 2. The van der Waals surface area contributed by atoms with Gasteiger partial charge in [-0.25, -0.2) is 9.78 Å². The van der Waals surface area contributed by atoms with E-state index in [2.05, 4.69) is 15.5 Å². The van der Waals surface area contributed by atoms with Gasteiger partial charge in [-0.3, -0.25) is 4.79 Å². The molecule has 8 nitrogen and oxygen atoms in total. The van der Waals surface area contributed by atoms with Crippen LogP contribution in [0.4, 0.5) is 5.69 Å². The lowest BCUT2D eigenvalue weighted by atomic mass is 10.2. The number of methoxy groups -OCH3 is 1. The van der Waals surface area contributed by atoms with Gasteiger partial charge in [-0.05, 0) is 48.9 Å². The van der Waals surface area contributed by atoms with Crippen molar-refractivity contribution >= 4 is 35.1 Å². The molecule has 9 heteroatoms. The number of anilines is 1. The van der Waals surface area contributed by atoms with E-state index >= 15 is 0 Å². The Morgan fingerprint density at radius 2 is 1.88 bits per heavy atom. The second-order valence-electron chi connectivity index (χ2n) is 6.77. The molecule has 0 aliphatic heterocycles. The van der Waals surface area contributed by atoms with Crippen LogP contribution in [0.2, 0.25) is 0 Å². The number of amides is 1. The fraction of sp³-hybridized carbons (Fsp3) is 0.217. The molecule has 0 saturated heterocycles. The molecule has 0 radical (unpaired) electrons. The Morgan fingerprint density at radius 1 is 1.12 bits per heavy atom. The maximum atomic E-state index is 12.2. The standard InChI is InChI=1S/C23H23N3O5S/c1-16-3-7-18(8-4-16)25-21(27)11-22-26-19(15-32-22)13-30-23(28)14-31-24-12-17-5-9-20(29-2)10-6-17/h3-10,12,15H,11,13-14H2,1-2H3,(H,25,27)/b24-12+. The summed E-state index contributed by atoms with van der Waals surface area (Å²) in [6, 6.07) is 14.8. The number of benzene rings is 2. The smallest absolute Gasteiger partial charge is 0.347 e. The van der Waals surface area contributed by atoms with Crippen LogP contribution in [0.15, 0.2) is 59.1 Å². The molecule has 2 aromatic carbocycles. The Hall–Kier alpha value is -3.72. The molecule has 1 aromatic heterocycles. The van der Waals surface area contributed by atoms with Gasteiger partial charge in [-0.2, -0.15) is 0 Å². The summed E-state index contributed by atoms with van der Waals surface area (Å²) in [5, 5.41) is 8.97. The molecule has 0 atom stereocenters. The first-order chi connectivity index (χ1) is 15.5. The van der Waals surface area contributed by atoms with Crippen LogP contribution in [0, 0.1) is 6.92 Å². The Bertz CT molecular complexity index is 1060. The lowest BCUT2D eigenvalue weighted by Crippen LogP contribution is -2.14. The second-order valence-corrected chi connectivity index (χ2v) is 7.71. The van der Waals surface area contributed by atoms with Crippen molar-refractivity contribution in [2.45, 2.75) is 20.0 Å². The highest BCUT2D eigenvalue weighted by molar-refractivity contribution is 7.09. The van der Waals surface area contributed by atoms with Gasteiger partial charge < -0.3 is 19.6 Å². The lowest BCUT2D eigenvalue weighted by Gasteiger charge is -2.04. The average molecular weight is 454 g/mol. The van der Waals surface area contributed by atoms with E-state index in [1.807, 2.05) is 43.3 Å². The average Bonchev–Trinajstić information content (AvgIpc) is 3.24. The number of carbonyl (C=O) groups is 2. The molecule has 0 aliphatic carbocycles. The second kappa shape index (κ2) is 11.6. The largest absolute Gasteiger partial charge is 0.497 e. The molecule has 0 spiro atoms. The number of hydrogen-bond donors (Lipinski definition) is 1. The third-order valence-corrected chi connectivity index (χ3v) is 5.10. The predicted molar refractivity (Wildman–Crippen MR) is 122 cm³/mol. The molecule has 3 rings (SSSR count). The molecular weight excluding hydrogens is 430 g/mol. The number of hydrogen-bond acceptors (Lipinski definition) is 8. The van der Waals surface area contributed by atoms with Crippen molar-refractivity contribution in [2.75, 3.05) is 19.0 Å². The van der Waals surface area contributed by atoms with Crippen molar-refractivity contribution in [1.82, 2.24) is 4.98 Å². The van der Waals surface area contributed by atoms with Gasteiger partial charge in [0, 0.05) is 11.1 Å². The van der Waals surface area contributed by atoms with Gasteiger partial charge in [0.2, 0.25) is 12.5 Å². The fourth-order valence-corrected chi connectivity index (χ4v) is 3.33. The number of oxime groups is 1. The number of esters is 1. The van der Waals surface area contributed by atoms with E-state index in [9.17, 15) is 9.59 Å². The molecule has 1 amide bonds. The Kier molecular flexibility index (Phi) is 8.33. The van der Waals surface area contributed by atoms with Crippen molar-refractivity contribution < 1.29 is 23.9 Å². The fourth-order valence-electron chi connectivity index (χ4n) is 2.55. The number of rotatable bonds is 10. The Labute approximate surface area is 189 Å². The number of carbonyl (C=O) groups excluding carboxylic acids is 2. The van der Waals surface area contributed by atoms with Gasteiger partial charge in [-0.15, -0.1) is 11.3 Å². The van der Waals surface area contributed by atoms with Gasteiger partial charge in [0.15, 0.2) is 0 Å². The summed E-state index contributed by atoms with van der Waals surface area (Å²) in [5.41, 5.74) is 3.24. The summed E-state index contributed by atoms with van der Waals surface area (Å²) in [4.78, 5) is 33.2. The Morgan fingerprint density at radius 3 is 2.59 bits per heavy atom. The van der Waals surface area contributed by atoms with Crippen molar-refractivity contribution in [3.05, 3.63) is 75.7 Å². The minimum atomic E-state index is -0.566. The van der Waals surface area contributed by atoms with Crippen LogP contribution >= 0.6 is 11.3 Å². The van der Waals surface area contributed by atoms with Crippen LogP contribution in [0.25, 0.3) is 0 Å². The van der Waals surface area contributed by atoms with E-state index in [0.717, 1.165) is 22.6 Å². The van der Waals surface area contributed by atoms with Crippen molar-refractivity contribution in [1.29, 1.82) is 0 Å². The zero-order chi connectivity index (χ0) is 22.8. The SMILES string of the molecule is COc1ccc(/C=N/OCC(=O)OCc2csc(CC(=O)Nc3ccc(C)cc3)n2)cc1. The van der Waals surface area contributed by atoms with Crippen molar-refractivity contribution in [3.8, 4) is 5.75 Å². The van der Waals surface area contributed by atoms with Crippen LogP contribution in [0.3, 0.4) is 0 Å². The number of aromatic nitrogens is 1. The zero-order valence-electron chi connectivity index (χ0n) is 17.7. The van der Waals surface area contributed by atoms with Crippen LogP contribution in [0.5, 0.6) is 5.75 Å². The van der Waals surface area contributed by atoms with Gasteiger partial charge in [-0.1, -0.05) is 22.9 Å². The van der Waals surface area contributed by atoms with Gasteiger partial charge in [0.1, 0.15) is 17.4 Å². The van der Waals surface area contributed by atoms with E-state index in [0.29, 0.717) is 10.7 Å². The molecule has 0 unspecified atom stereocenters. The molecule has 0 saturated carbocycles. The molecule has 0 aliphatic rings. The normalized spacial score (nSPS) is 10.7. The predicted octanol–water partition coefficient (Wildman–Crippen LogP) is 3.74. The molecular formula is C23H23N3O5S. The molecule has 166 valence electrons. The first-order valence-corrected chi connectivity index (χ1v) is 10.6. The van der Waals surface area contributed by atoms with E-state index in [1.54, 1.807) is 24.6 Å². The van der Waals surface area contributed by atoms with E-state index < -0.39 is 5.97 Å². The topological polar surface area (TPSA) is 99.1 Å². The highest BCUT2D eigenvalue weighted by Gasteiger charge is 2.10. The molecule has 1 N–H and O–H groups in total. The Balaban J connectivity index is 1.36. The summed E-state index contributed by atoms with van der Waals surface area (Å²) in [5.74, 6) is 0.0159. The quantitative estimate of drug-likeness (QED) is 0.285. The third kappa shape index (κ3) is 7.51. The van der Waals surface area contributed by atoms with Gasteiger partial charge >= 0.3 is 5.97 Å². The first kappa shape index (κ1) is 23.0. The highest BCUT2D eigenvalue weighted by atomic mass is 32.1. The third-order valence-electron chi connectivity index (χ3n) is 4.20. The number of ether oxygens (including phenoxy) is 2. The monoisotopic (exact) mass is 453 g/mol. The lowest BCUT2D eigenvalue weighted by molar-refractivity contribution is -0.150. The number of nitrogens with one attached hydrogen (secondary N) is 1. The maximum Gasteiger partial charge on any atom is 0.347 e. The minimum Gasteiger partial charge on any atom is -0.497 e. The van der Waals surface area contributed by atoms with Crippen molar-refractivity contribution in [2.24, 2.45) is 5.16 Å². The summed E-state index contributed by atoms with van der Waals surface area (Å²) in [6.07, 6.45) is 1.64. The summed E-state index contributed by atoms with van der Waals surface area (Å²) >= 11 is 1.34. The molecule has 3 aromatic rings. The van der Waals surface area contributed by atoms with E-state index in [4.69, 9.17) is 14.3 Å². The number of thiazole rings is 1. The van der Waals surface area contributed by atoms with Crippen LogP contribution in [-0.4, -0.2) is 36.8 Å². The van der Waals surface area contributed by atoms with Crippen LogP contribution in [-0.2, 0) is 32.2 Å². The highest BCUT2D eigenvalue weighted by Crippen LogP contribution is 2.14. The first-order valence-electron chi connectivity index (χ1n) is 9.76. The van der Waals surface area contributed by atoms with Crippen LogP contribution < -0.4 is 10.1 Å². The van der Waals surface area contributed by atoms with E-state index in [-0.39, 0.29) is 25.5 Å². The van der Waals surface area contributed by atoms with Crippen LogP contribution in [0.1, 0.15) is 21.8 Å². The zero-order valence-corrected chi connectivity index (χ0v) is 18.6. The molecule has 32 heavy (non-hydrogen) atoms. The summed E-state index contributed by atoms with van der Waals surface area (Å²) < 4.78 is 10.2. The molecule has 0 bridgehead atoms. The van der Waals surface area contributed by atoms with Crippen molar-refractivity contribution in [3.63, 3.8) is 0 Å². The molecule has 1 heterocycles. The van der Waals surface area contributed by atoms with E-state index in [1.165, 1.54) is 17.6 Å².